The number of hydrogen-bond acceptors (Lipinski definition) is 4. The largest absolute Gasteiger partial charge is 0.323 e. The number of quaternary nitrogens is 2. The summed E-state index contributed by atoms with van der Waals surface area (Å²) in [5, 5.41) is 15.0. The fourth-order valence-corrected chi connectivity index (χ4v) is 5.72. The molecule has 1 aliphatic carbocycles. The Bertz CT molecular complexity index is 670. The second kappa shape index (κ2) is 9.26. The van der Waals surface area contributed by atoms with E-state index in [1.165, 1.54) is 76.0 Å². The summed E-state index contributed by atoms with van der Waals surface area (Å²) in [5.74, 6) is 1.09. The van der Waals surface area contributed by atoms with E-state index in [1.807, 2.05) is 4.90 Å². The average molecular weight is 391 g/mol. The van der Waals surface area contributed by atoms with Crippen LogP contribution in [0.15, 0.2) is 17.5 Å². The van der Waals surface area contributed by atoms with Gasteiger partial charge in [0.2, 0.25) is 5.82 Å². The number of nitrogens with zero attached hydrogens (tertiary/aromatic N) is 4. The molecule has 4 rings (SSSR count). The van der Waals surface area contributed by atoms with Crippen LogP contribution in [0.5, 0.6) is 0 Å². The zero-order valence-corrected chi connectivity index (χ0v) is 17.4. The van der Waals surface area contributed by atoms with Crippen molar-refractivity contribution < 1.29 is 9.80 Å². The van der Waals surface area contributed by atoms with Gasteiger partial charge in [-0.25, -0.2) is 4.68 Å². The molecule has 0 amide bonds. The lowest BCUT2D eigenvalue weighted by Gasteiger charge is -2.36. The minimum absolute atomic E-state index is 0.435. The van der Waals surface area contributed by atoms with Gasteiger partial charge in [0, 0.05) is 11.3 Å². The van der Waals surface area contributed by atoms with Gasteiger partial charge >= 0.3 is 0 Å². The summed E-state index contributed by atoms with van der Waals surface area (Å²) in [5.41, 5.74) is 0. The van der Waals surface area contributed by atoms with E-state index in [0.29, 0.717) is 6.04 Å². The minimum Gasteiger partial charge on any atom is -0.323 e. The van der Waals surface area contributed by atoms with Crippen molar-refractivity contribution in [3.8, 4) is 0 Å². The Hall–Kier alpha value is -1.31. The van der Waals surface area contributed by atoms with Crippen LogP contribution in [0.4, 0.5) is 0 Å². The highest BCUT2D eigenvalue weighted by Crippen LogP contribution is 2.18. The van der Waals surface area contributed by atoms with E-state index < -0.39 is 0 Å². The number of nitrogens with one attached hydrogen (secondary N) is 2. The van der Waals surface area contributed by atoms with E-state index in [9.17, 15) is 0 Å². The minimum atomic E-state index is 0.435. The van der Waals surface area contributed by atoms with Gasteiger partial charge in [0.1, 0.15) is 32.2 Å². The highest BCUT2D eigenvalue weighted by atomic mass is 32.1. The van der Waals surface area contributed by atoms with Gasteiger partial charge < -0.3 is 9.80 Å². The van der Waals surface area contributed by atoms with Gasteiger partial charge in [0.05, 0.1) is 12.6 Å². The second-order valence-electron chi connectivity index (χ2n) is 8.27. The third kappa shape index (κ3) is 4.58. The van der Waals surface area contributed by atoms with Gasteiger partial charge in [-0.3, -0.25) is 0 Å². The molecule has 1 aliphatic heterocycles. The van der Waals surface area contributed by atoms with Crippen molar-refractivity contribution in [3.63, 3.8) is 0 Å². The lowest BCUT2D eigenvalue weighted by atomic mass is 10.1. The number of rotatable bonds is 8. The van der Waals surface area contributed by atoms with Crippen LogP contribution in [-0.2, 0) is 6.54 Å². The Kier molecular flexibility index (Phi) is 6.52. The lowest BCUT2D eigenvalue weighted by Crippen LogP contribution is -3.29. The molecular formula is C20H34N6S+2. The molecule has 2 N–H and O–H groups in total. The number of aromatic nitrogens is 4. The normalized spacial score (nSPS) is 25.1. The molecular weight excluding hydrogens is 356 g/mol. The summed E-state index contributed by atoms with van der Waals surface area (Å²) >= 11 is 1.78. The van der Waals surface area contributed by atoms with Crippen LogP contribution >= 0.6 is 11.3 Å². The molecule has 148 valence electrons. The van der Waals surface area contributed by atoms with E-state index in [0.717, 1.165) is 18.4 Å². The molecule has 0 bridgehead atoms. The van der Waals surface area contributed by atoms with E-state index in [2.05, 4.69) is 44.6 Å². The quantitative estimate of drug-likeness (QED) is 0.699. The molecule has 27 heavy (non-hydrogen) atoms. The number of unbranched alkanes of at least 4 members (excludes halogenated alkanes) is 1. The summed E-state index contributed by atoms with van der Waals surface area (Å²) in [7, 11) is 0. The van der Waals surface area contributed by atoms with Crippen LogP contribution in [0.3, 0.4) is 0 Å². The topological polar surface area (TPSA) is 52.5 Å². The predicted molar refractivity (Wildman–Crippen MR) is 107 cm³/mol. The number of tetrazole rings is 1. The molecule has 6 nitrogen and oxygen atoms in total. The fraction of sp³-hybridized carbons (Fsp3) is 0.750. The van der Waals surface area contributed by atoms with E-state index in [-0.39, 0.29) is 0 Å². The van der Waals surface area contributed by atoms with Crippen molar-refractivity contribution in [3.05, 3.63) is 28.2 Å². The van der Waals surface area contributed by atoms with Crippen molar-refractivity contribution in [2.24, 2.45) is 0 Å². The maximum absolute atomic E-state index is 4.50. The highest BCUT2D eigenvalue weighted by Gasteiger charge is 2.36. The molecule has 7 heteroatoms. The number of piperazine rings is 1. The Morgan fingerprint density at radius 3 is 2.74 bits per heavy atom. The van der Waals surface area contributed by atoms with Crippen LogP contribution in [0, 0.1) is 0 Å². The van der Waals surface area contributed by atoms with Crippen LogP contribution < -0.4 is 9.80 Å². The molecule has 1 atom stereocenters. The van der Waals surface area contributed by atoms with Crippen molar-refractivity contribution in [2.45, 2.75) is 70.5 Å². The van der Waals surface area contributed by atoms with E-state index in [4.69, 9.17) is 0 Å². The second-order valence-corrected chi connectivity index (χ2v) is 9.30. The first-order valence-corrected chi connectivity index (χ1v) is 11.7. The third-order valence-electron chi connectivity index (χ3n) is 6.56. The molecule has 1 saturated carbocycles. The van der Waals surface area contributed by atoms with Crippen molar-refractivity contribution >= 4 is 11.3 Å². The molecule has 2 aromatic heterocycles. The van der Waals surface area contributed by atoms with Crippen molar-refractivity contribution in [1.29, 1.82) is 0 Å². The maximum atomic E-state index is 4.50. The van der Waals surface area contributed by atoms with Crippen LogP contribution in [0.1, 0.15) is 68.6 Å². The van der Waals surface area contributed by atoms with Crippen LogP contribution in [-0.4, -0.2) is 52.4 Å². The monoisotopic (exact) mass is 390 g/mol. The van der Waals surface area contributed by atoms with E-state index >= 15 is 0 Å². The lowest BCUT2D eigenvalue weighted by molar-refractivity contribution is -1.04. The highest BCUT2D eigenvalue weighted by molar-refractivity contribution is 7.09. The first kappa shape index (κ1) is 19.0. The molecule has 2 aliphatic rings. The molecule has 0 aromatic carbocycles. The van der Waals surface area contributed by atoms with Gasteiger partial charge in [-0.1, -0.05) is 19.4 Å². The van der Waals surface area contributed by atoms with Crippen LogP contribution in [0.2, 0.25) is 0 Å². The molecule has 1 saturated heterocycles. The molecule has 0 radical (unpaired) electrons. The zero-order valence-electron chi connectivity index (χ0n) is 16.6. The summed E-state index contributed by atoms with van der Waals surface area (Å²) in [6.07, 6.45) is 9.46. The summed E-state index contributed by atoms with van der Waals surface area (Å²) in [6, 6.07) is 5.65. The summed E-state index contributed by atoms with van der Waals surface area (Å²) in [6.45, 7) is 8.22. The smallest absolute Gasteiger partial charge is 0.209 e. The van der Waals surface area contributed by atoms with Gasteiger partial charge in [-0.15, -0.1) is 16.4 Å². The van der Waals surface area contributed by atoms with Gasteiger partial charge in [0.15, 0.2) is 0 Å². The maximum Gasteiger partial charge on any atom is 0.209 e. The Morgan fingerprint density at radius 2 is 2.04 bits per heavy atom. The number of hydrogen-bond donors (Lipinski definition) is 2. The van der Waals surface area contributed by atoms with Gasteiger partial charge in [-0.05, 0) is 54.0 Å². The van der Waals surface area contributed by atoms with Gasteiger partial charge in [-0.2, -0.15) is 0 Å². The fourth-order valence-electron chi connectivity index (χ4n) is 5.03. The van der Waals surface area contributed by atoms with E-state index in [1.54, 1.807) is 16.2 Å². The molecule has 3 heterocycles. The molecule has 0 unspecified atom stereocenters. The predicted octanol–water partition coefficient (Wildman–Crippen LogP) is 0.740. The Morgan fingerprint density at radius 1 is 1.22 bits per heavy atom. The van der Waals surface area contributed by atoms with Crippen molar-refractivity contribution in [2.75, 3.05) is 26.2 Å². The first-order valence-electron chi connectivity index (χ1n) is 10.8. The standard InChI is InChI=1S/C20H32N6S/c1-2-3-10-19(20-21-22-23-26(20)16-18-9-6-15-27-18)25-13-11-24(12-14-25)17-7-4-5-8-17/h6,9,15,17,19H,2-5,7-8,10-14,16H2,1H3/p+2/t19-/m0/s1. The summed E-state index contributed by atoms with van der Waals surface area (Å²) in [4.78, 5) is 4.89. The molecule has 2 aromatic rings. The molecule has 2 fully saturated rings. The van der Waals surface area contributed by atoms with Crippen LogP contribution in [0.25, 0.3) is 0 Å². The van der Waals surface area contributed by atoms with Crippen molar-refractivity contribution in [1.82, 2.24) is 20.2 Å². The summed E-state index contributed by atoms with van der Waals surface area (Å²) < 4.78 is 2.05. The SMILES string of the molecule is CCCC[C@@H](c1nnnn1Cc1cccs1)[NH+]1CC[NH+](C2CCCC2)CC1. The third-order valence-corrected chi connectivity index (χ3v) is 7.42. The average Bonchev–Trinajstić information content (AvgIpc) is 3.47. The van der Waals surface area contributed by atoms with Gasteiger partial charge in [0.25, 0.3) is 0 Å². The zero-order chi connectivity index (χ0) is 18.5. The Balaban J connectivity index is 1.45. The number of thiophene rings is 1. The first-order chi connectivity index (χ1) is 13.3. The molecule has 0 spiro atoms. The Labute approximate surface area is 166 Å².